The Kier molecular flexibility index (Phi) is 10.0. The normalized spacial score (nSPS) is 22.1. The first-order chi connectivity index (χ1) is 25.2. The third-order valence-electron chi connectivity index (χ3n) is 9.54. The highest BCUT2D eigenvalue weighted by molar-refractivity contribution is 8.01. The summed E-state index contributed by atoms with van der Waals surface area (Å²) in [5, 5.41) is 31.0. The molecule has 19 heteroatoms. The molecule has 280 valence electrons. The van der Waals surface area contributed by atoms with Gasteiger partial charge in [0.25, 0.3) is 11.8 Å². The number of amides is 2. The molecule has 1 saturated carbocycles. The number of β-lactam (4-membered cyclic amide) rings is 1. The number of thiazole rings is 1. The van der Waals surface area contributed by atoms with Crippen LogP contribution in [-0.4, -0.2) is 104 Å². The zero-order valence-electron chi connectivity index (χ0n) is 29.0. The maximum atomic E-state index is 15.8. The molecule has 4 aliphatic rings. The van der Waals surface area contributed by atoms with Gasteiger partial charge in [-0.05, 0) is 32.4 Å². The van der Waals surface area contributed by atoms with Crippen LogP contribution < -0.4 is 25.8 Å². The number of nitrogens with one attached hydrogen (secondary N) is 2. The molecule has 3 fully saturated rings. The number of nitrogens with two attached hydrogens (primary N) is 1. The van der Waals surface area contributed by atoms with Gasteiger partial charge in [-0.15, -0.1) is 34.9 Å². The Morgan fingerprint density at radius 3 is 2.72 bits per heavy atom. The lowest BCUT2D eigenvalue weighted by Gasteiger charge is -2.49. The van der Waals surface area contributed by atoms with E-state index in [1.165, 1.54) is 47.7 Å². The molecule has 2 amide bonds. The highest BCUT2D eigenvalue weighted by Crippen LogP contribution is 2.43. The van der Waals surface area contributed by atoms with E-state index in [1.807, 2.05) is 18.3 Å². The number of benzene rings is 1. The summed E-state index contributed by atoms with van der Waals surface area (Å²) in [7, 11) is 0. The minimum absolute atomic E-state index is 0.0158. The quantitative estimate of drug-likeness (QED) is 0.0590. The topological polar surface area (TPSA) is 204 Å². The molecule has 0 spiro atoms. The number of aliphatic carboxylic acids is 2. The Morgan fingerprint density at radius 2 is 2.06 bits per heavy atom. The molecule has 1 aromatic carbocycles. The Bertz CT molecular complexity index is 2090. The van der Waals surface area contributed by atoms with Gasteiger partial charge < -0.3 is 36.3 Å². The fourth-order valence-corrected chi connectivity index (χ4v) is 9.53. The van der Waals surface area contributed by atoms with Crippen LogP contribution in [0.3, 0.4) is 0 Å². The van der Waals surface area contributed by atoms with E-state index in [0.29, 0.717) is 23.8 Å². The molecule has 6 N–H and O–H groups in total. The molecule has 0 bridgehead atoms. The van der Waals surface area contributed by atoms with Gasteiger partial charge in [0.05, 0.1) is 11.1 Å². The largest absolute Gasteiger partial charge is 0.478 e. The molecule has 5 heterocycles. The number of aromatic nitrogens is 2. The number of nitrogen functional groups attached to an aromatic ring is 1. The molecular formula is C34H38FN8O7S3+. The highest BCUT2D eigenvalue weighted by Gasteiger charge is 2.54. The molecule has 3 aliphatic heterocycles. The van der Waals surface area contributed by atoms with E-state index in [-0.39, 0.29) is 39.9 Å². The number of anilines is 2. The van der Waals surface area contributed by atoms with Crippen molar-refractivity contribution in [2.24, 2.45) is 5.16 Å². The summed E-state index contributed by atoms with van der Waals surface area (Å²) in [5.41, 5.74) is 5.43. The number of oxime groups is 1. The number of hydrogen-bond donors (Lipinski definition) is 5. The number of nitrogens with zero attached hydrogens (tertiary/aromatic N) is 5. The Morgan fingerprint density at radius 1 is 1.28 bits per heavy atom. The number of piperazine rings is 1. The van der Waals surface area contributed by atoms with Gasteiger partial charge >= 0.3 is 11.9 Å². The van der Waals surface area contributed by atoms with Crippen molar-refractivity contribution in [2.75, 3.05) is 41.8 Å². The van der Waals surface area contributed by atoms with Gasteiger partial charge in [-0.25, -0.2) is 19.0 Å². The number of fused-ring (bicyclic) bond motifs is 2. The van der Waals surface area contributed by atoms with Crippen LogP contribution >= 0.6 is 34.9 Å². The third-order valence-corrected chi connectivity index (χ3v) is 12.7. The molecule has 15 nitrogen and oxygen atoms in total. The minimum Gasteiger partial charge on any atom is -0.478 e. The van der Waals surface area contributed by atoms with Gasteiger partial charge in [-0.1, -0.05) is 5.16 Å². The van der Waals surface area contributed by atoms with Crippen molar-refractivity contribution in [1.82, 2.24) is 20.5 Å². The lowest BCUT2D eigenvalue weighted by atomic mass is 10.0. The van der Waals surface area contributed by atoms with Crippen molar-refractivity contribution >= 4 is 86.0 Å². The van der Waals surface area contributed by atoms with E-state index >= 15 is 4.39 Å². The van der Waals surface area contributed by atoms with Crippen LogP contribution in [0.1, 0.15) is 45.3 Å². The maximum Gasteiger partial charge on any atom is 0.352 e. The number of rotatable bonds is 12. The lowest BCUT2D eigenvalue weighted by molar-refractivity contribution is -0.675. The number of pyridine rings is 1. The number of carboxylic acid groups (broad SMARTS) is 2. The van der Waals surface area contributed by atoms with Crippen molar-refractivity contribution < 1.29 is 43.2 Å². The fraction of sp³-hybridized carbons (Fsp3) is 0.441. The molecule has 1 aliphatic carbocycles. The van der Waals surface area contributed by atoms with Crippen LogP contribution in [0.5, 0.6) is 0 Å². The summed E-state index contributed by atoms with van der Waals surface area (Å²) in [6.07, 6.45) is 4.11. The predicted molar refractivity (Wildman–Crippen MR) is 198 cm³/mol. The fourth-order valence-electron chi connectivity index (χ4n) is 6.46. The lowest BCUT2D eigenvalue weighted by Crippen LogP contribution is -2.71. The van der Waals surface area contributed by atoms with Gasteiger partial charge in [-0.3, -0.25) is 14.5 Å². The average molecular weight is 786 g/mol. The van der Waals surface area contributed by atoms with E-state index < -0.39 is 46.5 Å². The summed E-state index contributed by atoms with van der Waals surface area (Å²) in [4.78, 5) is 64.4. The first-order valence-electron chi connectivity index (χ1n) is 16.9. The number of hydrogen-bond acceptors (Lipinski definition) is 13. The van der Waals surface area contributed by atoms with Crippen LogP contribution in [-0.2, 0) is 24.0 Å². The van der Waals surface area contributed by atoms with Crippen molar-refractivity contribution in [3.63, 3.8) is 0 Å². The molecular weight excluding hydrogens is 748 g/mol. The van der Waals surface area contributed by atoms with E-state index in [0.717, 1.165) is 53.1 Å². The number of carbonyl (C=O) groups excluding carboxylic acids is 2. The second kappa shape index (κ2) is 14.4. The van der Waals surface area contributed by atoms with Crippen molar-refractivity contribution in [3.8, 4) is 0 Å². The molecule has 2 saturated heterocycles. The summed E-state index contributed by atoms with van der Waals surface area (Å²) in [6.45, 7) is 6.80. The Balaban J connectivity index is 1.11. The second-order valence-corrected chi connectivity index (χ2v) is 16.7. The second-order valence-electron chi connectivity index (χ2n) is 13.7. The zero-order valence-corrected chi connectivity index (χ0v) is 31.4. The molecule has 2 unspecified atom stereocenters. The zero-order chi connectivity index (χ0) is 37.8. The maximum absolute atomic E-state index is 15.8. The van der Waals surface area contributed by atoms with Crippen LogP contribution in [0.25, 0.3) is 10.9 Å². The van der Waals surface area contributed by atoms with Crippen LogP contribution in [0.15, 0.2) is 51.1 Å². The summed E-state index contributed by atoms with van der Waals surface area (Å²) < 4.78 is 18.0. The van der Waals surface area contributed by atoms with Crippen LogP contribution in [0.2, 0.25) is 0 Å². The molecule has 2 aromatic heterocycles. The molecule has 0 radical (unpaired) electrons. The highest BCUT2D eigenvalue weighted by atomic mass is 32.2. The van der Waals surface area contributed by atoms with Gasteiger partial charge in [0.15, 0.2) is 23.1 Å². The molecule has 53 heavy (non-hydrogen) atoms. The Labute approximate surface area is 315 Å². The number of carbonyl (C=O) groups is 4. The van der Waals surface area contributed by atoms with Crippen molar-refractivity contribution in [3.05, 3.63) is 52.6 Å². The van der Waals surface area contributed by atoms with Gasteiger partial charge in [0.2, 0.25) is 11.1 Å². The number of halogens is 1. The standard InChI is InChI=1S/C34H37FN8O7S3/c1-16-12-37-7-9-41(16)23-11-22-19(10-20(23)35)24(6-8-42(22)18-4-5-18)51-13-17-14-52-30-26(29(45)43(30)27(17)31(46)47)39-28(44)25(21-15-53-33(36)38-21)40-50-34(2,3)32(48)49/h6,8,10-11,15-16,18,26,30,37H,4-5,7,9,12-14H2,1-3H3,(H4-,36,38,39,44,46,47,48,49)/p+1/b40-25-/t16?,26?,30-/m1/s1. The van der Waals surface area contributed by atoms with Crippen LogP contribution in [0.4, 0.5) is 15.2 Å². The van der Waals surface area contributed by atoms with E-state index in [9.17, 15) is 29.4 Å². The van der Waals surface area contributed by atoms with E-state index in [1.54, 1.807) is 6.07 Å². The minimum atomic E-state index is -1.78. The average Bonchev–Trinajstić information content (AvgIpc) is 3.88. The van der Waals surface area contributed by atoms with Crippen molar-refractivity contribution in [1.29, 1.82) is 0 Å². The number of carboxylic acids is 2. The van der Waals surface area contributed by atoms with Gasteiger partial charge in [0.1, 0.15) is 28.6 Å². The number of thioether (sulfide) groups is 2. The monoisotopic (exact) mass is 785 g/mol. The molecule has 3 aromatic rings. The third kappa shape index (κ3) is 7.14. The summed E-state index contributed by atoms with van der Waals surface area (Å²) in [5.74, 6) is -3.92. The molecule has 7 rings (SSSR count). The van der Waals surface area contributed by atoms with Gasteiger partial charge in [0, 0.05) is 72.4 Å². The van der Waals surface area contributed by atoms with E-state index in [4.69, 9.17) is 10.6 Å². The van der Waals surface area contributed by atoms with E-state index in [2.05, 4.69) is 37.2 Å². The summed E-state index contributed by atoms with van der Waals surface area (Å²) >= 11 is 3.71. The van der Waals surface area contributed by atoms with Crippen molar-refractivity contribution in [2.45, 2.75) is 67.6 Å². The molecule has 3 atom stereocenters. The first kappa shape index (κ1) is 36.9. The van der Waals surface area contributed by atoms with Crippen LogP contribution in [0, 0.1) is 5.82 Å². The smallest absolute Gasteiger partial charge is 0.352 e. The summed E-state index contributed by atoms with van der Waals surface area (Å²) in [6, 6.07) is 4.83. The van der Waals surface area contributed by atoms with Gasteiger partial charge in [-0.2, -0.15) is 4.57 Å². The SMILES string of the molecule is CC1CNCCN1c1cc2c(cc1F)c(SCC1=C(C(=O)O)N3C(=O)C(NC(=O)/C(=N\OC(C)(C)C(=O)O)c4csc(N)n4)[C@H]3SC1)cc[n+]2C1CC1. The first-order valence-corrected chi connectivity index (χ1v) is 19.9. The predicted octanol–water partition coefficient (Wildman–Crippen LogP) is 2.55. The Hall–Kier alpha value is -4.46.